The van der Waals surface area contributed by atoms with Gasteiger partial charge in [-0.2, -0.15) is 0 Å². The van der Waals surface area contributed by atoms with Crippen LogP contribution in [0.3, 0.4) is 0 Å². The number of amides is 2. The van der Waals surface area contributed by atoms with E-state index in [9.17, 15) is 9.59 Å². The van der Waals surface area contributed by atoms with E-state index in [1.165, 1.54) is 7.11 Å². The van der Waals surface area contributed by atoms with Crippen molar-refractivity contribution in [2.45, 2.75) is 27.3 Å². The molecule has 8 heteroatoms. The first-order valence-corrected chi connectivity index (χ1v) is 9.26. The third-order valence-corrected chi connectivity index (χ3v) is 4.78. The third-order valence-electron chi connectivity index (χ3n) is 3.83. The van der Waals surface area contributed by atoms with Crippen LogP contribution in [0.15, 0.2) is 27.1 Å². The van der Waals surface area contributed by atoms with Crippen LogP contribution < -0.4 is 20.1 Å². The smallest absolute Gasteiger partial charge is 0.257 e. The minimum absolute atomic E-state index is 0.0899. The van der Waals surface area contributed by atoms with Crippen LogP contribution in [0.5, 0.6) is 11.5 Å². The van der Waals surface area contributed by atoms with Crippen molar-refractivity contribution in [2.75, 3.05) is 20.3 Å². The van der Waals surface area contributed by atoms with Crippen LogP contribution in [-0.2, 0) is 11.3 Å². The van der Waals surface area contributed by atoms with Crippen molar-refractivity contribution in [3.05, 3.63) is 45.3 Å². The van der Waals surface area contributed by atoms with Crippen LogP contribution in [-0.4, -0.2) is 32.1 Å². The van der Waals surface area contributed by atoms with E-state index in [-0.39, 0.29) is 18.4 Å². The highest BCUT2D eigenvalue weighted by atomic mass is 79.9. The molecule has 0 saturated carbocycles. The summed E-state index contributed by atoms with van der Waals surface area (Å²) < 4.78 is 16.9. The van der Waals surface area contributed by atoms with Gasteiger partial charge >= 0.3 is 0 Å². The number of halogens is 1. The summed E-state index contributed by atoms with van der Waals surface area (Å²) in [5.74, 6) is 1.74. The Labute approximate surface area is 166 Å². The standard InChI is InChI=1S/C19H23BrN2O5/c1-5-21-16(23)10-26-14-7-6-13(8-15(14)25-4)9-22-19(24)17-11(2)27-12(3)18(17)20/h6-8H,5,9-10H2,1-4H3,(H,21,23)(H,22,24). The van der Waals surface area contributed by atoms with E-state index >= 15 is 0 Å². The van der Waals surface area contributed by atoms with Gasteiger partial charge < -0.3 is 24.5 Å². The Bertz CT molecular complexity index is 832. The molecule has 0 unspecified atom stereocenters. The van der Waals surface area contributed by atoms with Gasteiger partial charge in [0.15, 0.2) is 18.1 Å². The summed E-state index contributed by atoms with van der Waals surface area (Å²) in [7, 11) is 1.52. The van der Waals surface area contributed by atoms with Gasteiger partial charge in [-0.1, -0.05) is 6.07 Å². The number of carbonyl (C=O) groups is 2. The van der Waals surface area contributed by atoms with Gasteiger partial charge in [-0.15, -0.1) is 0 Å². The van der Waals surface area contributed by atoms with E-state index < -0.39 is 0 Å². The van der Waals surface area contributed by atoms with Crippen molar-refractivity contribution in [1.82, 2.24) is 10.6 Å². The summed E-state index contributed by atoms with van der Waals surface area (Å²) in [4.78, 5) is 23.9. The Morgan fingerprint density at radius 3 is 2.48 bits per heavy atom. The number of carbonyl (C=O) groups excluding carboxylic acids is 2. The van der Waals surface area contributed by atoms with Crippen LogP contribution >= 0.6 is 15.9 Å². The van der Waals surface area contributed by atoms with Crippen molar-refractivity contribution >= 4 is 27.7 Å². The Balaban J connectivity index is 2.02. The Kier molecular flexibility index (Phi) is 7.29. The van der Waals surface area contributed by atoms with Gasteiger partial charge in [0.1, 0.15) is 11.5 Å². The van der Waals surface area contributed by atoms with Crippen LogP contribution in [0.4, 0.5) is 0 Å². The Hall–Kier alpha value is -2.48. The average Bonchev–Trinajstić information content (AvgIpc) is 2.90. The molecule has 0 aliphatic carbocycles. The maximum absolute atomic E-state index is 12.4. The molecule has 0 aliphatic rings. The first-order valence-electron chi connectivity index (χ1n) is 8.47. The monoisotopic (exact) mass is 438 g/mol. The van der Waals surface area contributed by atoms with E-state index in [4.69, 9.17) is 13.9 Å². The molecule has 1 aromatic carbocycles. The van der Waals surface area contributed by atoms with Gasteiger partial charge in [0.25, 0.3) is 11.8 Å². The van der Waals surface area contributed by atoms with E-state index in [1.807, 2.05) is 6.92 Å². The van der Waals surface area contributed by atoms with Gasteiger partial charge in [-0.3, -0.25) is 9.59 Å². The summed E-state index contributed by atoms with van der Waals surface area (Å²) in [5, 5.41) is 5.52. The molecule has 146 valence electrons. The summed E-state index contributed by atoms with van der Waals surface area (Å²) in [6.45, 7) is 6.14. The minimum Gasteiger partial charge on any atom is -0.493 e. The molecule has 2 aromatic rings. The molecular weight excluding hydrogens is 416 g/mol. The Morgan fingerprint density at radius 1 is 1.15 bits per heavy atom. The topological polar surface area (TPSA) is 89.8 Å². The molecule has 0 bridgehead atoms. The number of rotatable bonds is 8. The third kappa shape index (κ3) is 5.26. The van der Waals surface area contributed by atoms with E-state index in [2.05, 4.69) is 26.6 Å². The number of nitrogens with one attached hydrogen (secondary N) is 2. The normalized spacial score (nSPS) is 10.4. The van der Waals surface area contributed by atoms with Gasteiger partial charge in [0, 0.05) is 13.1 Å². The molecule has 0 spiro atoms. The average molecular weight is 439 g/mol. The lowest BCUT2D eigenvalue weighted by Gasteiger charge is -2.12. The minimum atomic E-state index is -0.230. The fraction of sp³-hybridized carbons (Fsp3) is 0.368. The highest BCUT2D eigenvalue weighted by Crippen LogP contribution is 2.29. The summed E-state index contributed by atoms with van der Waals surface area (Å²) >= 11 is 3.38. The Morgan fingerprint density at radius 2 is 1.89 bits per heavy atom. The zero-order valence-electron chi connectivity index (χ0n) is 15.8. The number of ether oxygens (including phenoxy) is 2. The number of furan rings is 1. The lowest BCUT2D eigenvalue weighted by molar-refractivity contribution is -0.123. The molecule has 1 aromatic heterocycles. The lowest BCUT2D eigenvalue weighted by atomic mass is 10.2. The van der Waals surface area contributed by atoms with Crippen LogP contribution in [0.1, 0.15) is 34.4 Å². The van der Waals surface area contributed by atoms with Gasteiger partial charge in [0.2, 0.25) is 0 Å². The van der Waals surface area contributed by atoms with Crippen molar-refractivity contribution in [1.29, 1.82) is 0 Å². The zero-order valence-corrected chi connectivity index (χ0v) is 17.4. The number of methoxy groups -OCH3 is 1. The van der Waals surface area contributed by atoms with Gasteiger partial charge in [-0.05, 0) is 54.4 Å². The number of aryl methyl sites for hydroxylation is 2. The van der Waals surface area contributed by atoms with Gasteiger partial charge in [-0.25, -0.2) is 0 Å². The van der Waals surface area contributed by atoms with Crippen molar-refractivity contribution in [3.8, 4) is 11.5 Å². The zero-order chi connectivity index (χ0) is 20.0. The summed E-state index contributed by atoms with van der Waals surface area (Å²) in [6, 6.07) is 5.27. The quantitative estimate of drug-likeness (QED) is 0.660. The van der Waals surface area contributed by atoms with Crippen LogP contribution in [0.25, 0.3) is 0 Å². The van der Waals surface area contributed by atoms with E-state index in [0.29, 0.717) is 46.1 Å². The second-order valence-electron chi connectivity index (χ2n) is 5.81. The van der Waals surface area contributed by atoms with E-state index in [1.54, 1.807) is 32.0 Å². The summed E-state index contributed by atoms with van der Waals surface area (Å²) in [6.07, 6.45) is 0. The molecule has 0 aliphatic heterocycles. The molecule has 7 nitrogen and oxygen atoms in total. The second kappa shape index (κ2) is 9.45. The fourth-order valence-corrected chi connectivity index (χ4v) is 3.06. The van der Waals surface area contributed by atoms with Gasteiger partial charge in [0.05, 0.1) is 17.1 Å². The molecular formula is C19H23BrN2O5. The van der Waals surface area contributed by atoms with Crippen molar-refractivity contribution in [2.24, 2.45) is 0 Å². The van der Waals surface area contributed by atoms with Crippen molar-refractivity contribution in [3.63, 3.8) is 0 Å². The number of likely N-dealkylation sites (N-methyl/N-ethyl adjacent to an activating group) is 1. The molecule has 27 heavy (non-hydrogen) atoms. The predicted molar refractivity (Wildman–Crippen MR) is 104 cm³/mol. The molecule has 0 fully saturated rings. The highest BCUT2D eigenvalue weighted by Gasteiger charge is 2.19. The number of benzene rings is 1. The van der Waals surface area contributed by atoms with Crippen LogP contribution in [0.2, 0.25) is 0 Å². The molecule has 2 rings (SSSR count). The second-order valence-corrected chi connectivity index (χ2v) is 6.61. The highest BCUT2D eigenvalue weighted by molar-refractivity contribution is 9.10. The molecule has 0 radical (unpaired) electrons. The maximum atomic E-state index is 12.4. The van der Waals surface area contributed by atoms with E-state index in [0.717, 1.165) is 5.56 Å². The first-order chi connectivity index (χ1) is 12.9. The molecule has 2 N–H and O–H groups in total. The fourth-order valence-electron chi connectivity index (χ4n) is 2.52. The molecule has 2 amide bonds. The lowest BCUT2D eigenvalue weighted by Crippen LogP contribution is -2.28. The van der Waals surface area contributed by atoms with Crippen molar-refractivity contribution < 1.29 is 23.5 Å². The molecule has 1 heterocycles. The predicted octanol–water partition coefficient (Wildman–Crippen LogP) is 3.11. The largest absolute Gasteiger partial charge is 0.493 e. The summed E-state index contributed by atoms with van der Waals surface area (Å²) in [5.41, 5.74) is 1.32. The number of hydrogen-bond donors (Lipinski definition) is 2. The SMILES string of the molecule is CCNC(=O)COc1ccc(CNC(=O)c2c(C)oc(C)c2Br)cc1OC. The van der Waals surface area contributed by atoms with Crippen LogP contribution in [0, 0.1) is 13.8 Å². The maximum Gasteiger partial charge on any atom is 0.257 e. The first kappa shape index (κ1) is 20.8. The molecule has 0 saturated heterocycles. The number of hydrogen-bond acceptors (Lipinski definition) is 5. The molecule has 0 atom stereocenters.